The molecule has 0 atom stereocenters. The van der Waals surface area contributed by atoms with Crippen LogP contribution in [0.25, 0.3) is 0 Å². The summed E-state index contributed by atoms with van der Waals surface area (Å²) in [6.45, 7) is 6.56. The summed E-state index contributed by atoms with van der Waals surface area (Å²) in [4.78, 5) is 11.5. The van der Waals surface area contributed by atoms with Gasteiger partial charge in [0.25, 0.3) is 0 Å². The molecule has 0 amide bonds. The van der Waals surface area contributed by atoms with Crippen LogP contribution in [0.2, 0.25) is 0 Å². The van der Waals surface area contributed by atoms with Crippen molar-refractivity contribution in [3.63, 3.8) is 0 Å². The normalized spacial score (nSPS) is 20.9. The molecular weight excluding hydrogens is 322 g/mol. The molecule has 144 valence electrons. The largest absolute Gasteiger partial charge is 0.354 e. The average Bonchev–Trinajstić information content (AvgIpc) is 2.68. The van der Waals surface area contributed by atoms with E-state index in [0.29, 0.717) is 12.6 Å². The second-order valence-electron chi connectivity index (χ2n) is 7.92. The van der Waals surface area contributed by atoms with Crippen molar-refractivity contribution in [3.05, 3.63) is 29.6 Å². The second kappa shape index (κ2) is 9.91. The number of guanidine groups is 1. The van der Waals surface area contributed by atoms with Crippen LogP contribution in [0.15, 0.2) is 23.3 Å². The first-order valence-electron chi connectivity index (χ1n) is 10.3. The first kappa shape index (κ1) is 19.2. The lowest BCUT2D eigenvalue weighted by molar-refractivity contribution is 0.160. The minimum Gasteiger partial charge on any atom is -0.354 e. The van der Waals surface area contributed by atoms with E-state index in [1.165, 1.54) is 70.1 Å². The third-order valence-electron chi connectivity index (χ3n) is 5.93. The molecule has 5 heteroatoms. The maximum atomic E-state index is 4.44. The summed E-state index contributed by atoms with van der Waals surface area (Å²) in [5.41, 5.74) is 2.30. The van der Waals surface area contributed by atoms with Gasteiger partial charge in [-0.2, -0.15) is 0 Å². The number of aryl methyl sites for hydroxylation is 1. The van der Waals surface area contributed by atoms with Gasteiger partial charge in [0.05, 0.1) is 12.2 Å². The van der Waals surface area contributed by atoms with Gasteiger partial charge in [-0.25, -0.2) is 0 Å². The van der Waals surface area contributed by atoms with Gasteiger partial charge in [0.1, 0.15) is 0 Å². The molecule has 2 fully saturated rings. The smallest absolute Gasteiger partial charge is 0.191 e. The second-order valence-corrected chi connectivity index (χ2v) is 7.92. The summed E-state index contributed by atoms with van der Waals surface area (Å²) in [6.07, 6.45) is 11.5. The highest BCUT2D eigenvalue weighted by molar-refractivity contribution is 5.79. The Morgan fingerprint density at radius 2 is 1.96 bits per heavy atom. The molecule has 0 spiro atoms. The lowest BCUT2D eigenvalue weighted by atomic mass is 9.88. The highest BCUT2D eigenvalue weighted by Gasteiger charge is 2.23. The van der Waals surface area contributed by atoms with Gasteiger partial charge in [0.2, 0.25) is 0 Å². The van der Waals surface area contributed by atoms with Gasteiger partial charge >= 0.3 is 0 Å². The molecule has 1 aliphatic carbocycles. The van der Waals surface area contributed by atoms with Crippen molar-refractivity contribution < 1.29 is 0 Å². The van der Waals surface area contributed by atoms with E-state index in [1.807, 2.05) is 19.3 Å². The molecule has 0 bridgehead atoms. The molecule has 3 rings (SSSR count). The van der Waals surface area contributed by atoms with E-state index < -0.39 is 0 Å². The van der Waals surface area contributed by atoms with Crippen molar-refractivity contribution in [3.8, 4) is 0 Å². The molecule has 1 aromatic heterocycles. The van der Waals surface area contributed by atoms with Crippen LogP contribution in [0.4, 0.5) is 0 Å². The zero-order valence-electron chi connectivity index (χ0n) is 16.5. The Balaban J connectivity index is 1.39. The summed E-state index contributed by atoms with van der Waals surface area (Å²) in [6, 6.07) is 4.60. The highest BCUT2D eigenvalue weighted by Crippen LogP contribution is 2.25. The van der Waals surface area contributed by atoms with E-state index in [9.17, 15) is 0 Å². The number of nitrogens with zero attached hydrogens (tertiary/aromatic N) is 3. The Hall–Kier alpha value is -1.62. The predicted octanol–water partition coefficient (Wildman–Crippen LogP) is 3.10. The molecule has 1 saturated heterocycles. The Bertz CT molecular complexity index is 572. The minimum absolute atomic E-state index is 0.522. The summed E-state index contributed by atoms with van der Waals surface area (Å²) >= 11 is 0. The summed E-state index contributed by atoms with van der Waals surface area (Å²) in [5.74, 6) is 1.84. The van der Waals surface area contributed by atoms with E-state index in [1.54, 1.807) is 0 Å². The molecule has 0 radical (unpaired) electrons. The first-order chi connectivity index (χ1) is 12.7. The Labute approximate surface area is 158 Å². The van der Waals surface area contributed by atoms with Crippen LogP contribution in [-0.4, -0.2) is 48.6 Å². The topological polar surface area (TPSA) is 52.6 Å². The van der Waals surface area contributed by atoms with E-state index >= 15 is 0 Å². The van der Waals surface area contributed by atoms with Crippen LogP contribution in [0.5, 0.6) is 0 Å². The van der Waals surface area contributed by atoms with Crippen LogP contribution in [0.3, 0.4) is 0 Å². The highest BCUT2D eigenvalue weighted by atomic mass is 15.2. The number of hydrogen-bond acceptors (Lipinski definition) is 3. The van der Waals surface area contributed by atoms with Crippen molar-refractivity contribution in [2.75, 3.05) is 26.7 Å². The number of piperidine rings is 1. The van der Waals surface area contributed by atoms with Gasteiger partial charge in [-0.05, 0) is 50.2 Å². The van der Waals surface area contributed by atoms with Crippen molar-refractivity contribution in [2.45, 2.75) is 64.5 Å². The number of hydrogen-bond donors (Lipinski definition) is 2. The average molecular weight is 358 g/mol. The fraction of sp³-hybridized carbons (Fsp3) is 0.714. The Morgan fingerprint density at radius 3 is 2.65 bits per heavy atom. The molecule has 5 nitrogen and oxygen atoms in total. The van der Waals surface area contributed by atoms with Gasteiger partial charge in [-0.15, -0.1) is 0 Å². The van der Waals surface area contributed by atoms with Gasteiger partial charge < -0.3 is 15.5 Å². The van der Waals surface area contributed by atoms with Gasteiger partial charge in [0.15, 0.2) is 5.96 Å². The number of nitrogens with one attached hydrogen (secondary N) is 2. The maximum Gasteiger partial charge on any atom is 0.191 e. The summed E-state index contributed by atoms with van der Waals surface area (Å²) in [5, 5.41) is 7.02. The van der Waals surface area contributed by atoms with Crippen molar-refractivity contribution in [2.24, 2.45) is 10.9 Å². The lowest BCUT2D eigenvalue weighted by Gasteiger charge is -2.36. The van der Waals surface area contributed by atoms with E-state index in [-0.39, 0.29) is 0 Å². The fourth-order valence-electron chi connectivity index (χ4n) is 4.25. The Kier molecular flexibility index (Phi) is 7.30. The minimum atomic E-state index is 0.522. The molecule has 1 aromatic rings. The molecule has 0 unspecified atom stereocenters. The molecule has 1 aliphatic heterocycles. The lowest BCUT2D eigenvalue weighted by Crippen LogP contribution is -2.49. The Morgan fingerprint density at radius 1 is 1.19 bits per heavy atom. The number of rotatable bonds is 5. The number of likely N-dealkylation sites (tertiary alicyclic amines) is 1. The monoisotopic (exact) mass is 357 g/mol. The van der Waals surface area contributed by atoms with Crippen LogP contribution < -0.4 is 10.6 Å². The van der Waals surface area contributed by atoms with Crippen molar-refractivity contribution in [1.82, 2.24) is 20.5 Å². The first-order valence-corrected chi connectivity index (χ1v) is 10.3. The molecule has 1 saturated carbocycles. The number of aliphatic imine (C=N–C) groups is 1. The summed E-state index contributed by atoms with van der Waals surface area (Å²) < 4.78 is 0. The zero-order valence-corrected chi connectivity index (χ0v) is 16.5. The quantitative estimate of drug-likeness (QED) is 0.628. The third kappa shape index (κ3) is 5.70. The summed E-state index contributed by atoms with van der Waals surface area (Å²) in [7, 11) is 1.85. The third-order valence-corrected chi connectivity index (χ3v) is 5.93. The molecule has 2 heterocycles. The molecule has 2 aliphatic rings. The number of pyridine rings is 1. The van der Waals surface area contributed by atoms with Crippen molar-refractivity contribution >= 4 is 5.96 Å². The molecular formula is C21H35N5. The van der Waals surface area contributed by atoms with Gasteiger partial charge in [0, 0.05) is 38.9 Å². The van der Waals surface area contributed by atoms with Crippen LogP contribution >= 0.6 is 0 Å². The van der Waals surface area contributed by atoms with Crippen molar-refractivity contribution in [1.29, 1.82) is 0 Å². The molecule has 2 N–H and O–H groups in total. The van der Waals surface area contributed by atoms with Crippen LogP contribution in [0, 0.1) is 12.8 Å². The van der Waals surface area contributed by atoms with Crippen LogP contribution in [0.1, 0.15) is 56.2 Å². The van der Waals surface area contributed by atoms with E-state index in [2.05, 4.69) is 38.5 Å². The van der Waals surface area contributed by atoms with Gasteiger partial charge in [-0.1, -0.05) is 25.3 Å². The van der Waals surface area contributed by atoms with Crippen LogP contribution in [-0.2, 0) is 6.54 Å². The SMILES string of the molecule is CN=C(NCc1ncccc1C)NC1CCN(CC2CCCCC2)CC1. The standard InChI is InChI=1S/C21H35N5/c1-17-7-6-12-23-20(17)15-24-21(22-2)25-19-10-13-26(14-11-19)16-18-8-4-3-5-9-18/h6-7,12,18-19H,3-5,8-11,13-16H2,1-2H3,(H2,22,24,25). The maximum absolute atomic E-state index is 4.44. The predicted molar refractivity (Wildman–Crippen MR) is 108 cm³/mol. The van der Waals surface area contributed by atoms with Gasteiger partial charge in [-0.3, -0.25) is 9.98 Å². The fourth-order valence-corrected chi connectivity index (χ4v) is 4.25. The van der Waals surface area contributed by atoms with E-state index in [0.717, 1.165) is 17.6 Å². The number of aromatic nitrogens is 1. The molecule has 0 aromatic carbocycles. The zero-order chi connectivity index (χ0) is 18.2. The van der Waals surface area contributed by atoms with E-state index in [4.69, 9.17) is 0 Å². The molecule has 26 heavy (non-hydrogen) atoms.